The SMILES string of the molecule is O=C1NCCN1c1cccc(NC2CC3CC=CC32)c1. The van der Waals surface area contributed by atoms with Crippen LogP contribution in [0.15, 0.2) is 36.4 Å². The summed E-state index contributed by atoms with van der Waals surface area (Å²) in [7, 11) is 0. The van der Waals surface area contributed by atoms with Crippen LogP contribution in [0, 0.1) is 11.8 Å². The summed E-state index contributed by atoms with van der Waals surface area (Å²) in [4.78, 5) is 13.5. The van der Waals surface area contributed by atoms with Crippen molar-refractivity contribution < 1.29 is 4.79 Å². The fraction of sp³-hybridized carbons (Fsp3) is 0.438. The smallest absolute Gasteiger partial charge is 0.321 e. The van der Waals surface area contributed by atoms with Crippen molar-refractivity contribution in [3.05, 3.63) is 36.4 Å². The highest BCUT2D eigenvalue weighted by Crippen LogP contribution is 2.44. The zero-order valence-electron chi connectivity index (χ0n) is 11.4. The third-order valence-corrected chi connectivity index (χ3v) is 4.73. The molecule has 0 spiro atoms. The number of hydrogen-bond acceptors (Lipinski definition) is 2. The number of fused-ring (bicyclic) bond motifs is 1. The van der Waals surface area contributed by atoms with Crippen LogP contribution in [-0.2, 0) is 0 Å². The summed E-state index contributed by atoms with van der Waals surface area (Å²) >= 11 is 0. The molecule has 104 valence electrons. The molecule has 0 radical (unpaired) electrons. The molecule has 3 unspecified atom stereocenters. The molecule has 4 nitrogen and oxygen atoms in total. The molecule has 2 fully saturated rings. The van der Waals surface area contributed by atoms with Gasteiger partial charge in [0.1, 0.15) is 0 Å². The summed E-state index contributed by atoms with van der Waals surface area (Å²) in [5, 5.41) is 6.46. The van der Waals surface area contributed by atoms with E-state index in [1.54, 1.807) is 4.90 Å². The first-order valence-corrected chi connectivity index (χ1v) is 7.40. The van der Waals surface area contributed by atoms with E-state index in [1.807, 2.05) is 12.1 Å². The van der Waals surface area contributed by atoms with E-state index in [0.29, 0.717) is 12.0 Å². The number of urea groups is 1. The highest BCUT2D eigenvalue weighted by molar-refractivity contribution is 5.94. The standard InChI is InChI=1S/C16H19N3O/c20-16-17-7-8-19(16)13-5-2-4-12(10-13)18-15-9-11-3-1-6-14(11)15/h1-2,4-6,10-11,14-15,18H,3,7-9H2,(H,17,20). The summed E-state index contributed by atoms with van der Waals surface area (Å²) in [5.41, 5.74) is 2.09. The number of amides is 2. The van der Waals surface area contributed by atoms with Gasteiger partial charge in [-0.05, 0) is 37.0 Å². The average Bonchev–Trinajstić information content (AvgIpc) is 3.02. The summed E-state index contributed by atoms with van der Waals surface area (Å²) in [6.45, 7) is 1.48. The molecule has 3 aliphatic rings. The predicted molar refractivity (Wildman–Crippen MR) is 80.0 cm³/mol. The third kappa shape index (κ3) is 1.87. The van der Waals surface area contributed by atoms with E-state index in [2.05, 4.69) is 34.9 Å². The predicted octanol–water partition coefficient (Wildman–Crippen LogP) is 2.59. The quantitative estimate of drug-likeness (QED) is 0.828. The van der Waals surface area contributed by atoms with Crippen molar-refractivity contribution in [1.82, 2.24) is 5.32 Å². The molecule has 2 amide bonds. The number of carbonyl (C=O) groups excluding carboxylic acids is 1. The van der Waals surface area contributed by atoms with Crippen molar-refractivity contribution in [1.29, 1.82) is 0 Å². The van der Waals surface area contributed by atoms with Crippen molar-refractivity contribution >= 4 is 17.4 Å². The van der Waals surface area contributed by atoms with E-state index in [0.717, 1.165) is 30.4 Å². The summed E-state index contributed by atoms with van der Waals surface area (Å²) in [5.74, 6) is 1.56. The molecular formula is C16H19N3O. The minimum Gasteiger partial charge on any atom is -0.382 e. The fourth-order valence-electron chi connectivity index (χ4n) is 3.58. The van der Waals surface area contributed by atoms with Gasteiger partial charge >= 0.3 is 6.03 Å². The Hall–Kier alpha value is -1.97. The van der Waals surface area contributed by atoms with Crippen molar-refractivity contribution in [2.45, 2.75) is 18.9 Å². The van der Waals surface area contributed by atoms with E-state index in [1.165, 1.54) is 12.8 Å². The van der Waals surface area contributed by atoms with Gasteiger partial charge < -0.3 is 10.6 Å². The molecule has 1 aliphatic heterocycles. The molecule has 20 heavy (non-hydrogen) atoms. The van der Waals surface area contributed by atoms with Crippen LogP contribution in [0.3, 0.4) is 0 Å². The number of carbonyl (C=O) groups is 1. The fourth-order valence-corrected chi connectivity index (χ4v) is 3.58. The van der Waals surface area contributed by atoms with E-state index in [-0.39, 0.29) is 6.03 Å². The number of allylic oxidation sites excluding steroid dienone is 1. The van der Waals surface area contributed by atoms with E-state index >= 15 is 0 Å². The van der Waals surface area contributed by atoms with Gasteiger partial charge in [0.25, 0.3) is 0 Å². The molecule has 1 aromatic carbocycles. The van der Waals surface area contributed by atoms with Gasteiger partial charge in [-0.25, -0.2) is 4.79 Å². The Morgan fingerprint density at radius 2 is 2.30 bits per heavy atom. The number of nitrogens with zero attached hydrogens (tertiary/aromatic N) is 1. The topological polar surface area (TPSA) is 44.4 Å². The van der Waals surface area contributed by atoms with Gasteiger partial charge in [0.15, 0.2) is 0 Å². The zero-order chi connectivity index (χ0) is 13.5. The number of hydrogen-bond donors (Lipinski definition) is 2. The van der Waals surface area contributed by atoms with E-state index < -0.39 is 0 Å². The van der Waals surface area contributed by atoms with Gasteiger partial charge in [0.2, 0.25) is 0 Å². The molecule has 4 rings (SSSR count). The lowest BCUT2D eigenvalue weighted by Gasteiger charge is -2.41. The van der Waals surface area contributed by atoms with E-state index in [9.17, 15) is 4.79 Å². The van der Waals surface area contributed by atoms with Crippen LogP contribution in [-0.4, -0.2) is 25.2 Å². The molecule has 2 N–H and O–H groups in total. The van der Waals surface area contributed by atoms with Crippen molar-refractivity contribution in [2.75, 3.05) is 23.3 Å². The van der Waals surface area contributed by atoms with Crippen molar-refractivity contribution in [2.24, 2.45) is 11.8 Å². The Balaban J connectivity index is 1.49. The normalized spacial score (nSPS) is 30.9. The maximum absolute atomic E-state index is 11.7. The highest BCUT2D eigenvalue weighted by Gasteiger charge is 2.40. The van der Waals surface area contributed by atoms with Crippen LogP contribution in [0.5, 0.6) is 0 Å². The van der Waals surface area contributed by atoms with Crippen LogP contribution in [0.25, 0.3) is 0 Å². The van der Waals surface area contributed by atoms with Gasteiger partial charge in [-0.2, -0.15) is 0 Å². The first kappa shape index (κ1) is 11.8. The zero-order valence-corrected chi connectivity index (χ0v) is 11.4. The van der Waals surface area contributed by atoms with Crippen LogP contribution in [0.4, 0.5) is 16.2 Å². The summed E-state index contributed by atoms with van der Waals surface area (Å²) in [6.07, 6.45) is 7.16. The Morgan fingerprint density at radius 1 is 1.35 bits per heavy atom. The molecule has 0 aromatic heterocycles. The molecule has 1 aromatic rings. The second kappa shape index (κ2) is 4.54. The molecule has 1 saturated carbocycles. The van der Waals surface area contributed by atoms with E-state index in [4.69, 9.17) is 0 Å². The summed E-state index contributed by atoms with van der Waals surface area (Å²) in [6, 6.07) is 8.74. The second-order valence-electron chi connectivity index (χ2n) is 5.92. The van der Waals surface area contributed by atoms with Crippen LogP contribution >= 0.6 is 0 Å². The molecule has 4 heteroatoms. The van der Waals surface area contributed by atoms with Crippen molar-refractivity contribution in [3.63, 3.8) is 0 Å². The van der Waals surface area contributed by atoms with Crippen LogP contribution < -0.4 is 15.5 Å². The molecular weight excluding hydrogens is 250 g/mol. The molecule has 0 bridgehead atoms. The van der Waals surface area contributed by atoms with Crippen LogP contribution in [0.1, 0.15) is 12.8 Å². The maximum atomic E-state index is 11.7. The van der Waals surface area contributed by atoms with Gasteiger partial charge in [0.05, 0.1) is 0 Å². The number of benzene rings is 1. The lowest BCUT2D eigenvalue weighted by Crippen LogP contribution is -2.43. The molecule has 2 aliphatic carbocycles. The average molecular weight is 269 g/mol. The largest absolute Gasteiger partial charge is 0.382 e. The van der Waals surface area contributed by atoms with Crippen LogP contribution in [0.2, 0.25) is 0 Å². The lowest BCUT2D eigenvalue weighted by atomic mass is 9.71. The van der Waals surface area contributed by atoms with Gasteiger partial charge in [0, 0.05) is 36.4 Å². The first-order chi connectivity index (χ1) is 9.81. The maximum Gasteiger partial charge on any atom is 0.321 e. The Morgan fingerprint density at radius 3 is 3.10 bits per heavy atom. The summed E-state index contributed by atoms with van der Waals surface area (Å²) < 4.78 is 0. The van der Waals surface area contributed by atoms with Gasteiger partial charge in [-0.1, -0.05) is 18.2 Å². The minimum absolute atomic E-state index is 0.00424. The number of anilines is 2. The first-order valence-electron chi connectivity index (χ1n) is 7.40. The Kier molecular flexibility index (Phi) is 2.69. The highest BCUT2D eigenvalue weighted by atomic mass is 16.2. The number of nitrogens with one attached hydrogen (secondary N) is 2. The molecule has 1 saturated heterocycles. The van der Waals surface area contributed by atoms with Gasteiger partial charge in [-0.15, -0.1) is 0 Å². The Bertz CT molecular complexity index is 569. The molecule has 3 atom stereocenters. The Labute approximate surface area is 118 Å². The lowest BCUT2D eigenvalue weighted by molar-refractivity contribution is 0.218. The third-order valence-electron chi connectivity index (χ3n) is 4.73. The number of rotatable bonds is 3. The van der Waals surface area contributed by atoms with Gasteiger partial charge in [-0.3, -0.25) is 4.90 Å². The monoisotopic (exact) mass is 269 g/mol. The van der Waals surface area contributed by atoms with Crippen molar-refractivity contribution in [3.8, 4) is 0 Å². The minimum atomic E-state index is 0.00424. The second-order valence-corrected chi connectivity index (χ2v) is 5.92. The molecule has 1 heterocycles.